The fraction of sp³-hybridized carbons (Fsp3) is 0. The maximum atomic E-state index is 11.7. The molecule has 158 valence electrons. The molecule has 0 aromatic heterocycles. The molecule has 12 nitrogen and oxygen atoms in total. The average Bonchev–Trinajstić information content (AvgIpc) is 3.06. The predicted molar refractivity (Wildman–Crippen MR) is 112 cm³/mol. The third kappa shape index (κ3) is 3.31. The quantitative estimate of drug-likeness (QED) is 0.315. The van der Waals surface area contributed by atoms with Crippen molar-refractivity contribution in [3.8, 4) is 11.1 Å². The maximum Gasteiger partial charge on any atom is 0.284 e. The van der Waals surface area contributed by atoms with Gasteiger partial charge in [0.2, 0.25) is 0 Å². The molecule has 0 radical (unpaired) electrons. The molecule has 1 aliphatic rings. The molecule has 32 heavy (non-hydrogen) atoms. The lowest BCUT2D eigenvalue weighted by Crippen LogP contribution is -1.96. The number of nitro groups is 4. The Bertz CT molecular complexity index is 1380. The molecule has 0 fully saturated rings. The molecule has 0 atom stereocenters. The summed E-state index contributed by atoms with van der Waals surface area (Å²) in [5.41, 5.74) is 0.215. The molecule has 12 heteroatoms. The van der Waals surface area contributed by atoms with Crippen LogP contribution in [0.4, 0.5) is 22.7 Å². The molecule has 0 aliphatic heterocycles. The number of rotatable bonds is 5. The maximum absolute atomic E-state index is 11.7. The summed E-state index contributed by atoms with van der Waals surface area (Å²) in [4.78, 5) is 42.5. The van der Waals surface area contributed by atoms with Crippen molar-refractivity contribution in [3.05, 3.63) is 112 Å². The standard InChI is InChI=1S/C20H10N4O8/c25-21(26)12-3-1-11(2-4-12)7-16-17-8-13(22(27)28)5-6-15(17)20-18(16)9-14(23(29)30)10-19(20)24(31)32/h1-10H/b16-7-. The van der Waals surface area contributed by atoms with Gasteiger partial charge in [-0.15, -0.1) is 0 Å². The summed E-state index contributed by atoms with van der Waals surface area (Å²) in [6.45, 7) is 0. The SMILES string of the molecule is O=[N+]([O-])c1ccc(/C=C2/c3cc([N+](=O)[O-])ccc3-c3c2cc([N+](=O)[O-])cc3[N+](=O)[O-])cc1. The molecule has 0 spiro atoms. The zero-order valence-corrected chi connectivity index (χ0v) is 15.8. The van der Waals surface area contributed by atoms with Crippen LogP contribution in [0.15, 0.2) is 54.6 Å². The Labute approximate surface area is 177 Å². The van der Waals surface area contributed by atoms with Crippen LogP contribution >= 0.6 is 0 Å². The second-order valence-corrected chi connectivity index (χ2v) is 6.80. The molecule has 0 N–H and O–H groups in total. The van der Waals surface area contributed by atoms with Gasteiger partial charge in [0.1, 0.15) is 0 Å². The van der Waals surface area contributed by atoms with Gasteiger partial charge >= 0.3 is 0 Å². The molecule has 4 rings (SSSR count). The van der Waals surface area contributed by atoms with Gasteiger partial charge in [-0.05, 0) is 46.5 Å². The molecule has 0 saturated heterocycles. The number of hydrogen-bond acceptors (Lipinski definition) is 8. The summed E-state index contributed by atoms with van der Waals surface area (Å²) in [5, 5.41) is 45.2. The highest BCUT2D eigenvalue weighted by Gasteiger charge is 2.34. The highest BCUT2D eigenvalue weighted by atomic mass is 16.6. The van der Waals surface area contributed by atoms with Gasteiger partial charge in [0, 0.05) is 35.9 Å². The number of hydrogen-bond donors (Lipinski definition) is 0. The van der Waals surface area contributed by atoms with Crippen molar-refractivity contribution >= 4 is 34.4 Å². The van der Waals surface area contributed by atoms with Crippen molar-refractivity contribution in [2.75, 3.05) is 0 Å². The zero-order valence-electron chi connectivity index (χ0n) is 15.8. The van der Waals surface area contributed by atoms with Gasteiger partial charge in [0.15, 0.2) is 0 Å². The molecule has 0 unspecified atom stereocenters. The van der Waals surface area contributed by atoms with E-state index in [1.807, 2.05) is 0 Å². The van der Waals surface area contributed by atoms with E-state index in [4.69, 9.17) is 0 Å². The summed E-state index contributed by atoms with van der Waals surface area (Å²) in [7, 11) is 0. The van der Waals surface area contributed by atoms with Gasteiger partial charge < -0.3 is 0 Å². The highest BCUT2D eigenvalue weighted by Crippen LogP contribution is 2.51. The van der Waals surface area contributed by atoms with Crippen LogP contribution in [0.25, 0.3) is 22.8 Å². The fourth-order valence-corrected chi connectivity index (χ4v) is 3.60. The van der Waals surface area contributed by atoms with E-state index in [2.05, 4.69) is 0 Å². The van der Waals surface area contributed by atoms with Crippen molar-refractivity contribution < 1.29 is 19.7 Å². The first-order chi connectivity index (χ1) is 15.2. The number of benzene rings is 3. The van der Waals surface area contributed by atoms with Crippen LogP contribution in [0.1, 0.15) is 16.7 Å². The van der Waals surface area contributed by atoms with E-state index in [0.29, 0.717) is 16.7 Å². The second kappa shape index (κ2) is 7.36. The molecule has 1 aliphatic carbocycles. The summed E-state index contributed by atoms with van der Waals surface area (Å²) >= 11 is 0. The Morgan fingerprint density at radius 3 is 1.69 bits per heavy atom. The van der Waals surface area contributed by atoms with Crippen LogP contribution in [0.5, 0.6) is 0 Å². The minimum atomic E-state index is -0.762. The summed E-state index contributed by atoms with van der Waals surface area (Å²) < 4.78 is 0. The van der Waals surface area contributed by atoms with Crippen LogP contribution in [0, 0.1) is 40.5 Å². The lowest BCUT2D eigenvalue weighted by molar-refractivity contribution is -0.393. The molecular formula is C20H10N4O8. The first-order valence-electron chi connectivity index (χ1n) is 8.90. The first-order valence-corrected chi connectivity index (χ1v) is 8.90. The highest BCUT2D eigenvalue weighted by molar-refractivity contribution is 6.09. The van der Waals surface area contributed by atoms with E-state index in [0.717, 1.165) is 6.07 Å². The van der Waals surface area contributed by atoms with Crippen LogP contribution in [-0.4, -0.2) is 19.7 Å². The van der Waals surface area contributed by atoms with Gasteiger partial charge in [0.25, 0.3) is 22.7 Å². The minimum absolute atomic E-state index is 0.110. The molecule has 0 saturated carbocycles. The summed E-state index contributed by atoms with van der Waals surface area (Å²) in [6.07, 6.45) is 1.52. The van der Waals surface area contributed by atoms with E-state index in [1.165, 1.54) is 54.6 Å². The number of non-ortho nitro benzene ring substituents is 3. The van der Waals surface area contributed by atoms with Gasteiger partial charge in [-0.25, -0.2) is 0 Å². The van der Waals surface area contributed by atoms with Crippen LogP contribution in [0.2, 0.25) is 0 Å². The van der Waals surface area contributed by atoms with E-state index < -0.39 is 31.1 Å². The molecular weight excluding hydrogens is 424 g/mol. The first kappa shape index (κ1) is 20.3. The Hall–Kier alpha value is -5.00. The second-order valence-electron chi connectivity index (χ2n) is 6.80. The molecule has 3 aromatic rings. The van der Waals surface area contributed by atoms with E-state index in [-0.39, 0.29) is 28.1 Å². The van der Waals surface area contributed by atoms with Gasteiger partial charge in [-0.2, -0.15) is 0 Å². The third-order valence-corrected chi connectivity index (χ3v) is 4.99. The van der Waals surface area contributed by atoms with Crippen molar-refractivity contribution in [1.29, 1.82) is 0 Å². The largest absolute Gasteiger partial charge is 0.284 e. The number of nitro benzene ring substituents is 4. The Balaban J connectivity index is 2.03. The van der Waals surface area contributed by atoms with Crippen LogP contribution < -0.4 is 0 Å². The van der Waals surface area contributed by atoms with Gasteiger partial charge in [-0.3, -0.25) is 40.5 Å². The number of nitrogens with zero attached hydrogens (tertiary/aromatic N) is 4. The minimum Gasteiger partial charge on any atom is -0.258 e. The molecule has 0 heterocycles. The Morgan fingerprint density at radius 2 is 1.12 bits per heavy atom. The average molecular weight is 434 g/mol. The van der Waals surface area contributed by atoms with Crippen molar-refractivity contribution in [2.24, 2.45) is 0 Å². The monoisotopic (exact) mass is 434 g/mol. The lowest BCUT2D eigenvalue weighted by Gasteiger charge is -2.04. The topological polar surface area (TPSA) is 173 Å². The Morgan fingerprint density at radius 1 is 0.562 bits per heavy atom. The van der Waals surface area contributed by atoms with E-state index >= 15 is 0 Å². The normalized spacial score (nSPS) is 12.8. The Kier molecular flexibility index (Phi) is 4.66. The van der Waals surface area contributed by atoms with Crippen LogP contribution in [-0.2, 0) is 0 Å². The number of fused-ring (bicyclic) bond motifs is 3. The smallest absolute Gasteiger partial charge is 0.258 e. The molecule has 3 aromatic carbocycles. The van der Waals surface area contributed by atoms with E-state index in [9.17, 15) is 40.5 Å². The predicted octanol–water partition coefficient (Wildman–Crippen LogP) is 4.89. The van der Waals surface area contributed by atoms with Gasteiger partial charge in [0.05, 0.1) is 31.3 Å². The van der Waals surface area contributed by atoms with Crippen molar-refractivity contribution in [3.63, 3.8) is 0 Å². The van der Waals surface area contributed by atoms with Crippen molar-refractivity contribution in [1.82, 2.24) is 0 Å². The van der Waals surface area contributed by atoms with Crippen molar-refractivity contribution in [2.45, 2.75) is 0 Å². The fourth-order valence-electron chi connectivity index (χ4n) is 3.60. The lowest BCUT2D eigenvalue weighted by atomic mass is 10.00. The molecule has 0 bridgehead atoms. The third-order valence-electron chi connectivity index (χ3n) is 4.99. The summed E-state index contributed by atoms with van der Waals surface area (Å²) in [6, 6.07) is 11.2. The van der Waals surface area contributed by atoms with Gasteiger partial charge in [-0.1, -0.05) is 0 Å². The van der Waals surface area contributed by atoms with Crippen LogP contribution in [0.3, 0.4) is 0 Å². The zero-order chi connectivity index (χ0) is 23.2. The summed E-state index contributed by atoms with van der Waals surface area (Å²) in [5.74, 6) is 0. The van der Waals surface area contributed by atoms with E-state index in [1.54, 1.807) is 0 Å². The molecule has 0 amide bonds.